The summed E-state index contributed by atoms with van der Waals surface area (Å²) in [5, 5.41) is 11.4. The first-order valence-electron chi connectivity index (χ1n) is 9.96. The molecular weight excluding hydrogens is 466 g/mol. The molecular formula is C23H24Cl2F3NO3. The van der Waals surface area contributed by atoms with Gasteiger partial charge in [0.1, 0.15) is 11.0 Å². The number of rotatable bonds is 3. The summed E-state index contributed by atoms with van der Waals surface area (Å²) in [6, 6.07) is 7.53. The highest BCUT2D eigenvalue weighted by Gasteiger charge is 2.62. The average molecular weight is 490 g/mol. The van der Waals surface area contributed by atoms with Crippen LogP contribution in [0.25, 0.3) is 0 Å². The van der Waals surface area contributed by atoms with Gasteiger partial charge < -0.3 is 9.94 Å². The highest BCUT2D eigenvalue weighted by molar-refractivity contribution is 6.34. The van der Waals surface area contributed by atoms with Gasteiger partial charge in [-0.15, -0.1) is 0 Å². The molecule has 3 rings (SSSR count). The fourth-order valence-corrected chi connectivity index (χ4v) is 4.57. The number of hydroxylamine groups is 2. The van der Waals surface area contributed by atoms with Gasteiger partial charge in [-0.25, -0.2) is 4.79 Å². The van der Waals surface area contributed by atoms with Crippen LogP contribution >= 0.6 is 23.2 Å². The molecule has 1 aliphatic rings. The Morgan fingerprint density at radius 2 is 1.72 bits per heavy atom. The fourth-order valence-electron chi connectivity index (χ4n) is 4.04. The Morgan fingerprint density at radius 1 is 1.12 bits per heavy atom. The maximum Gasteiger partial charge on any atom is 0.399 e. The average Bonchev–Trinajstić information content (AvgIpc) is 2.98. The van der Waals surface area contributed by atoms with Crippen LogP contribution in [0.15, 0.2) is 36.4 Å². The van der Waals surface area contributed by atoms with Crippen molar-refractivity contribution in [2.45, 2.75) is 57.3 Å². The van der Waals surface area contributed by atoms with Gasteiger partial charge in [0.05, 0.1) is 11.6 Å². The van der Waals surface area contributed by atoms with Gasteiger partial charge in [-0.05, 0) is 75.1 Å². The molecule has 2 atom stereocenters. The monoisotopic (exact) mass is 489 g/mol. The van der Waals surface area contributed by atoms with Crippen LogP contribution in [0.1, 0.15) is 60.3 Å². The molecule has 0 aliphatic carbocycles. The van der Waals surface area contributed by atoms with E-state index in [1.54, 1.807) is 33.8 Å². The molecule has 0 saturated carbocycles. The van der Waals surface area contributed by atoms with E-state index in [4.69, 9.17) is 27.9 Å². The first-order valence-corrected chi connectivity index (χ1v) is 10.7. The SMILES string of the molecule is Cc1cc(C2C[C@](c3cc(Cl)cc(Cl)c3)(C(F)(F)F)CN2O)ccc1C(=O)OC(C)(C)C. The molecule has 9 heteroatoms. The maximum absolute atomic E-state index is 14.3. The lowest BCUT2D eigenvalue weighted by atomic mass is 9.77. The second-order valence-electron chi connectivity index (χ2n) is 9.13. The predicted molar refractivity (Wildman–Crippen MR) is 116 cm³/mol. The topological polar surface area (TPSA) is 49.8 Å². The van der Waals surface area contributed by atoms with Crippen LogP contribution in [0, 0.1) is 6.92 Å². The number of carbonyl (C=O) groups excluding carboxylic acids is 1. The largest absolute Gasteiger partial charge is 0.456 e. The first kappa shape index (κ1) is 24.8. The normalized spacial score (nSPS) is 22.2. The summed E-state index contributed by atoms with van der Waals surface area (Å²) in [7, 11) is 0. The number of benzene rings is 2. The predicted octanol–water partition coefficient (Wildman–Crippen LogP) is 6.89. The zero-order chi connectivity index (χ0) is 24.1. The summed E-state index contributed by atoms with van der Waals surface area (Å²) in [5.74, 6) is -0.521. The number of aryl methyl sites for hydroxylation is 1. The van der Waals surface area contributed by atoms with Crippen LogP contribution in [-0.2, 0) is 10.2 Å². The molecule has 1 fully saturated rings. The lowest BCUT2D eigenvalue weighted by Gasteiger charge is -2.32. The van der Waals surface area contributed by atoms with E-state index < -0.39 is 42.2 Å². The Bertz CT molecular complexity index is 1020. The van der Waals surface area contributed by atoms with Crippen LogP contribution in [0.3, 0.4) is 0 Å². The van der Waals surface area contributed by atoms with Gasteiger partial charge in [-0.1, -0.05) is 35.3 Å². The van der Waals surface area contributed by atoms with Gasteiger partial charge in [-0.3, -0.25) is 0 Å². The van der Waals surface area contributed by atoms with E-state index in [1.165, 1.54) is 30.3 Å². The standard InChI is InChI=1S/C23H24Cl2F3NO3/c1-13-7-14(5-6-18(13)20(30)32-21(2,3)4)19-11-22(12-29(19)31,23(26,27)28)15-8-16(24)10-17(25)9-15/h5-10,19,31H,11-12H2,1-4H3/t19?,22-/m0/s1. The summed E-state index contributed by atoms with van der Waals surface area (Å²) in [6.45, 7) is 6.23. The Morgan fingerprint density at radius 3 is 2.22 bits per heavy atom. The van der Waals surface area contributed by atoms with Gasteiger partial charge >= 0.3 is 12.1 Å². The van der Waals surface area contributed by atoms with Crippen molar-refractivity contribution in [1.82, 2.24) is 5.06 Å². The highest BCUT2D eigenvalue weighted by atomic mass is 35.5. The third kappa shape index (κ3) is 4.91. The Labute approximate surface area is 194 Å². The molecule has 0 radical (unpaired) electrons. The zero-order valence-electron chi connectivity index (χ0n) is 18.1. The minimum absolute atomic E-state index is 0.0848. The number of hydrogen-bond acceptors (Lipinski definition) is 4. The van der Waals surface area contributed by atoms with Crippen LogP contribution in [-0.4, -0.2) is 34.6 Å². The van der Waals surface area contributed by atoms with E-state index in [0.29, 0.717) is 21.8 Å². The molecule has 0 bridgehead atoms. The molecule has 1 saturated heterocycles. The minimum Gasteiger partial charge on any atom is -0.456 e. The smallest absolute Gasteiger partial charge is 0.399 e. The molecule has 1 N–H and O–H groups in total. The van der Waals surface area contributed by atoms with Crippen LogP contribution in [0.2, 0.25) is 10.0 Å². The minimum atomic E-state index is -4.66. The molecule has 32 heavy (non-hydrogen) atoms. The zero-order valence-corrected chi connectivity index (χ0v) is 19.6. The van der Waals surface area contributed by atoms with E-state index in [2.05, 4.69) is 0 Å². The lowest BCUT2D eigenvalue weighted by Crippen LogP contribution is -2.44. The molecule has 1 unspecified atom stereocenters. The van der Waals surface area contributed by atoms with Crippen molar-refractivity contribution >= 4 is 29.2 Å². The fraction of sp³-hybridized carbons (Fsp3) is 0.435. The van der Waals surface area contributed by atoms with Gasteiger partial charge in [0.15, 0.2) is 0 Å². The van der Waals surface area contributed by atoms with Gasteiger partial charge in [0, 0.05) is 16.6 Å². The van der Waals surface area contributed by atoms with Crippen molar-refractivity contribution in [1.29, 1.82) is 0 Å². The van der Waals surface area contributed by atoms with Crippen molar-refractivity contribution in [3.8, 4) is 0 Å². The van der Waals surface area contributed by atoms with Crippen LogP contribution in [0.5, 0.6) is 0 Å². The highest BCUT2D eigenvalue weighted by Crippen LogP contribution is 2.53. The van der Waals surface area contributed by atoms with E-state index in [-0.39, 0.29) is 15.6 Å². The number of halogens is 5. The molecule has 1 aliphatic heterocycles. The van der Waals surface area contributed by atoms with Crippen molar-refractivity contribution in [2.75, 3.05) is 6.54 Å². The number of alkyl halides is 3. The Balaban J connectivity index is 1.98. The molecule has 0 amide bonds. The third-order valence-electron chi connectivity index (χ3n) is 5.55. The van der Waals surface area contributed by atoms with Crippen molar-refractivity contribution in [3.05, 3.63) is 68.7 Å². The molecule has 1 heterocycles. The number of ether oxygens (including phenoxy) is 1. The summed E-state index contributed by atoms with van der Waals surface area (Å²) in [5.41, 5.74) is -1.84. The number of nitrogens with zero attached hydrogens (tertiary/aromatic N) is 1. The van der Waals surface area contributed by atoms with E-state index in [9.17, 15) is 23.2 Å². The second-order valence-corrected chi connectivity index (χ2v) is 10.0. The van der Waals surface area contributed by atoms with E-state index >= 15 is 0 Å². The maximum atomic E-state index is 14.3. The molecule has 0 spiro atoms. The Hall–Kier alpha value is -1.80. The summed E-state index contributed by atoms with van der Waals surface area (Å²) < 4.78 is 48.4. The summed E-state index contributed by atoms with van der Waals surface area (Å²) >= 11 is 11.9. The molecule has 174 valence electrons. The second kappa shape index (κ2) is 8.52. The quantitative estimate of drug-likeness (QED) is 0.476. The lowest BCUT2D eigenvalue weighted by molar-refractivity contribution is -0.196. The van der Waals surface area contributed by atoms with Gasteiger partial charge in [0.25, 0.3) is 0 Å². The Kier molecular flexibility index (Phi) is 6.61. The molecule has 0 aromatic heterocycles. The first-order chi connectivity index (χ1) is 14.6. The number of hydrogen-bond donors (Lipinski definition) is 1. The van der Waals surface area contributed by atoms with Crippen molar-refractivity contribution in [2.24, 2.45) is 0 Å². The molecule has 2 aromatic carbocycles. The van der Waals surface area contributed by atoms with Crippen LogP contribution < -0.4 is 0 Å². The summed E-state index contributed by atoms with van der Waals surface area (Å²) in [6.07, 6.45) is -5.10. The summed E-state index contributed by atoms with van der Waals surface area (Å²) in [4.78, 5) is 12.4. The molecule has 2 aromatic rings. The van der Waals surface area contributed by atoms with Crippen molar-refractivity contribution in [3.63, 3.8) is 0 Å². The van der Waals surface area contributed by atoms with E-state index in [0.717, 1.165) is 0 Å². The number of esters is 1. The van der Waals surface area contributed by atoms with Crippen LogP contribution in [0.4, 0.5) is 13.2 Å². The van der Waals surface area contributed by atoms with E-state index in [1.807, 2.05) is 0 Å². The van der Waals surface area contributed by atoms with Gasteiger partial charge in [0.2, 0.25) is 0 Å². The van der Waals surface area contributed by atoms with Gasteiger partial charge in [-0.2, -0.15) is 18.2 Å². The number of carbonyl (C=O) groups is 1. The van der Waals surface area contributed by atoms with Crippen molar-refractivity contribution < 1.29 is 27.9 Å². The third-order valence-corrected chi connectivity index (χ3v) is 5.98. The molecule has 4 nitrogen and oxygen atoms in total.